The second kappa shape index (κ2) is 9.49. The number of ether oxygens (including phenoxy) is 1. The Morgan fingerprint density at radius 3 is 2.63 bits per heavy atom. The first-order valence-electron chi connectivity index (χ1n) is 11.9. The number of fused-ring (bicyclic) bond motifs is 1. The predicted molar refractivity (Wildman–Crippen MR) is 130 cm³/mol. The molecule has 1 atom stereocenters. The predicted octanol–water partition coefficient (Wildman–Crippen LogP) is 2.27. The van der Waals surface area contributed by atoms with Crippen molar-refractivity contribution in [3.05, 3.63) is 46.5 Å². The number of aromatic nitrogens is 4. The van der Waals surface area contributed by atoms with E-state index >= 15 is 0 Å². The van der Waals surface area contributed by atoms with Crippen LogP contribution in [0.5, 0.6) is 0 Å². The van der Waals surface area contributed by atoms with E-state index in [1.165, 1.54) is 10.7 Å². The van der Waals surface area contributed by atoms with Gasteiger partial charge in [-0.2, -0.15) is 9.61 Å². The second-order valence-corrected chi connectivity index (χ2v) is 9.03. The van der Waals surface area contributed by atoms with Crippen LogP contribution in [0.15, 0.2) is 35.4 Å². The summed E-state index contributed by atoms with van der Waals surface area (Å²) in [6.07, 6.45) is 8.24. The van der Waals surface area contributed by atoms with Gasteiger partial charge in [0.25, 0.3) is 11.5 Å². The highest BCUT2D eigenvalue weighted by atomic mass is 16.5. The number of carbonyl (C=O) groups is 2. The van der Waals surface area contributed by atoms with Crippen LogP contribution in [0.3, 0.4) is 0 Å². The third-order valence-corrected chi connectivity index (χ3v) is 6.95. The summed E-state index contributed by atoms with van der Waals surface area (Å²) >= 11 is 0. The Balaban J connectivity index is 1.43. The van der Waals surface area contributed by atoms with E-state index in [9.17, 15) is 14.4 Å². The first kappa shape index (κ1) is 23.0. The van der Waals surface area contributed by atoms with Gasteiger partial charge in [-0.1, -0.05) is 0 Å². The molecule has 2 saturated carbocycles. The fraction of sp³-hybridized carbons (Fsp3) is 0.458. The molecule has 3 N–H and O–H groups in total. The van der Waals surface area contributed by atoms with Gasteiger partial charge >= 0.3 is 0 Å². The lowest BCUT2D eigenvalue weighted by Gasteiger charge is -2.29. The zero-order valence-corrected chi connectivity index (χ0v) is 19.8. The molecule has 3 heterocycles. The molecule has 11 nitrogen and oxygen atoms in total. The number of nitrogens with one attached hydrogen (secondary N) is 3. The van der Waals surface area contributed by atoms with Crippen molar-refractivity contribution in [2.24, 2.45) is 0 Å². The third-order valence-electron chi connectivity index (χ3n) is 6.95. The Hall–Kier alpha value is -3.73. The molecule has 2 fully saturated rings. The first-order valence-corrected chi connectivity index (χ1v) is 11.9. The van der Waals surface area contributed by atoms with Gasteiger partial charge < -0.3 is 25.3 Å². The van der Waals surface area contributed by atoms with Gasteiger partial charge in [-0.05, 0) is 44.2 Å². The minimum atomic E-state index is -0.454. The Labute approximate surface area is 201 Å². The maximum Gasteiger partial charge on any atom is 0.274 e. The van der Waals surface area contributed by atoms with E-state index in [0.29, 0.717) is 35.8 Å². The summed E-state index contributed by atoms with van der Waals surface area (Å²) in [6.45, 7) is 0. The largest absolute Gasteiger partial charge is 0.381 e. The van der Waals surface area contributed by atoms with Crippen LogP contribution in [0.25, 0.3) is 5.65 Å². The molecule has 3 aromatic heterocycles. The molecular weight excluding hydrogens is 450 g/mol. The Morgan fingerprint density at radius 1 is 1.17 bits per heavy atom. The van der Waals surface area contributed by atoms with E-state index in [1.807, 2.05) is 12.3 Å². The van der Waals surface area contributed by atoms with Gasteiger partial charge in [-0.25, -0.2) is 4.98 Å². The summed E-state index contributed by atoms with van der Waals surface area (Å²) < 4.78 is 8.75. The third kappa shape index (κ3) is 4.39. The van der Waals surface area contributed by atoms with Crippen LogP contribution >= 0.6 is 0 Å². The van der Waals surface area contributed by atoms with Crippen LogP contribution < -0.4 is 21.5 Å². The van der Waals surface area contributed by atoms with Crippen LogP contribution in [0.2, 0.25) is 0 Å². The van der Waals surface area contributed by atoms with E-state index in [4.69, 9.17) is 4.74 Å². The summed E-state index contributed by atoms with van der Waals surface area (Å²) in [5, 5.41) is 13.2. The van der Waals surface area contributed by atoms with E-state index in [-0.39, 0.29) is 29.1 Å². The average Bonchev–Trinajstić information content (AvgIpc) is 3.31. The fourth-order valence-electron chi connectivity index (χ4n) is 4.75. The summed E-state index contributed by atoms with van der Waals surface area (Å²) in [7, 11) is 3.46. The molecule has 11 heteroatoms. The topological polar surface area (TPSA) is 132 Å². The lowest BCUT2D eigenvalue weighted by atomic mass is 9.91. The van der Waals surface area contributed by atoms with E-state index in [1.54, 1.807) is 30.9 Å². The Kier molecular flexibility index (Phi) is 6.25. The molecule has 3 aromatic rings. The van der Waals surface area contributed by atoms with E-state index in [2.05, 4.69) is 26.0 Å². The van der Waals surface area contributed by atoms with Crippen LogP contribution in [0.1, 0.15) is 54.9 Å². The summed E-state index contributed by atoms with van der Waals surface area (Å²) in [5.74, 6) is 0.607. The molecule has 0 unspecified atom stereocenters. The second-order valence-electron chi connectivity index (χ2n) is 9.03. The molecule has 0 radical (unpaired) electrons. The zero-order valence-electron chi connectivity index (χ0n) is 19.8. The molecule has 0 aromatic carbocycles. The minimum absolute atomic E-state index is 0.0251. The smallest absolute Gasteiger partial charge is 0.274 e. The van der Waals surface area contributed by atoms with Gasteiger partial charge in [0.2, 0.25) is 0 Å². The highest BCUT2D eigenvalue weighted by Gasteiger charge is 2.31. The number of pyridine rings is 1. The zero-order chi connectivity index (χ0) is 24.5. The van der Waals surface area contributed by atoms with Gasteiger partial charge in [0.15, 0.2) is 11.4 Å². The SMILES string of the molecule is CNc1cc(Nc2cccn(C3CCC(OC)CC3)c2=O)nc2c(C(=O)N[C@H]3CCC3=O)cnn12. The van der Waals surface area contributed by atoms with Gasteiger partial charge in [-0.3, -0.25) is 14.4 Å². The molecule has 2 aliphatic rings. The average molecular weight is 480 g/mol. The number of hydrogen-bond donors (Lipinski definition) is 3. The highest BCUT2D eigenvalue weighted by molar-refractivity contribution is 6.03. The monoisotopic (exact) mass is 479 g/mol. The quantitative estimate of drug-likeness (QED) is 0.470. The van der Waals surface area contributed by atoms with Crippen molar-refractivity contribution in [1.29, 1.82) is 0 Å². The van der Waals surface area contributed by atoms with E-state index in [0.717, 1.165) is 25.7 Å². The van der Waals surface area contributed by atoms with Crippen LogP contribution in [0.4, 0.5) is 17.3 Å². The van der Waals surface area contributed by atoms with Gasteiger partial charge in [0, 0.05) is 38.9 Å². The Morgan fingerprint density at radius 2 is 1.97 bits per heavy atom. The maximum absolute atomic E-state index is 13.3. The summed E-state index contributed by atoms with van der Waals surface area (Å²) in [5.41, 5.74) is 0.838. The molecule has 2 aliphatic carbocycles. The van der Waals surface area contributed by atoms with Gasteiger partial charge in [-0.15, -0.1) is 0 Å². The number of rotatable bonds is 7. The molecule has 1 amide bonds. The molecule has 0 aliphatic heterocycles. The number of anilines is 3. The highest BCUT2D eigenvalue weighted by Crippen LogP contribution is 2.29. The van der Waals surface area contributed by atoms with Crippen molar-refractivity contribution < 1.29 is 14.3 Å². The Bertz CT molecular complexity index is 1320. The molecule has 5 rings (SSSR count). The number of carbonyl (C=O) groups excluding carboxylic acids is 2. The first-order chi connectivity index (χ1) is 17.0. The lowest BCUT2D eigenvalue weighted by Crippen LogP contribution is -2.47. The molecule has 184 valence electrons. The number of hydrogen-bond acceptors (Lipinski definition) is 8. The standard InChI is InChI=1S/C24H29N7O4/c1-25-21-12-20(29-22-16(13-26-31(21)22)23(33)28-17-9-10-19(17)32)27-18-4-3-11-30(24(18)34)14-5-7-15(35-2)8-6-14/h3-4,11-15,17,25H,5-10H2,1-2H3,(H,27,29)(H,28,33)/t14?,15?,17-/m0/s1. The van der Waals surface area contributed by atoms with Crippen LogP contribution in [-0.4, -0.2) is 57.2 Å². The van der Waals surface area contributed by atoms with Crippen molar-refractivity contribution in [1.82, 2.24) is 24.5 Å². The van der Waals surface area contributed by atoms with Crippen molar-refractivity contribution in [3.8, 4) is 0 Å². The van der Waals surface area contributed by atoms with Crippen LogP contribution in [0, 0.1) is 0 Å². The van der Waals surface area contributed by atoms with Gasteiger partial charge in [0.1, 0.15) is 22.9 Å². The molecule has 0 spiro atoms. The normalized spacial score (nSPS) is 22.0. The minimum Gasteiger partial charge on any atom is -0.381 e. The number of nitrogens with zero attached hydrogens (tertiary/aromatic N) is 4. The van der Waals surface area contributed by atoms with E-state index < -0.39 is 11.9 Å². The summed E-state index contributed by atoms with van der Waals surface area (Å²) in [4.78, 5) is 42.3. The number of amides is 1. The van der Waals surface area contributed by atoms with Crippen molar-refractivity contribution >= 4 is 34.7 Å². The number of ketones is 1. The molecule has 0 saturated heterocycles. The molecule has 0 bridgehead atoms. The molecule has 35 heavy (non-hydrogen) atoms. The van der Waals surface area contributed by atoms with Crippen molar-refractivity contribution in [2.75, 3.05) is 24.8 Å². The van der Waals surface area contributed by atoms with Crippen molar-refractivity contribution in [3.63, 3.8) is 0 Å². The summed E-state index contributed by atoms with van der Waals surface area (Å²) in [6, 6.07) is 4.95. The van der Waals surface area contributed by atoms with Gasteiger partial charge in [0.05, 0.1) is 18.3 Å². The maximum atomic E-state index is 13.3. The fourth-order valence-corrected chi connectivity index (χ4v) is 4.75. The van der Waals surface area contributed by atoms with Crippen LogP contribution in [-0.2, 0) is 9.53 Å². The number of Topliss-reactive ketones (excluding diaryl/α,β-unsaturated/α-hetero) is 1. The van der Waals surface area contributed by atoms with Crippen molar-refractivity contribution in [2.45, 2.75) is 56.7 Å². The molecular formula is C24H29N7O4. The number of methoxy groups -OCH3 is 1. The lowest BCUT2D eigenvalue weighted by molar-refractivity contribution is -0.126.